The lowest BCUT2D eigenvalue weighted by atomic mass is 10.0. The van der Waals surface area contributed by atoms with E-state index in [1.807, 2.05) is 27.7 Å². The van der Waals surface area contributed by atoms with E-state index < -0.39 is 0 Å². The molecule has 0 aromatic heterocycles. The van der Waals surface area contributed by atoms with E-state index in [0.717, 1.165) is 24.2 Å². The first-order valence-electron chi connectivity index (χ1n) is 6.29. The fourth-order valence-electron chi connectivity index (χ4n) is 1.33. The SMILES string of the molecule is CC.CC.CN.Fc1ccc2c(c1)CCOC2. The molecule has 0 saturated heterocycles. The molecule has 1 heterocycles. The zero-order valence-corrected chi connectivity index (χ0v) is 11.7. The third-order valence-corrected chi connectivity index (χ3v) is 1.94. The number of hydrogen-bond donors (Lipinski definition) is 1. The molecule has 1 aliphatic heterocycles. The average Bonchev–Trinajstić information content (AvgIpc) is 2.45. The first-order chi connectivity index (χ1) is 8.36. The van der Waals surface area contributed by atoms with Crippen molar-refractivity contribution in [3.8, 4) is 0 Å². The van der Waals surface area contributed by atoms with Gasteiger partial charge in [-0.3, -0.25) is 0 Å². The highest BCUT2D eigenvalue weighted by Crippen LogP contribution is 2.17. The van der Waals surface area contributed by atoms with E-state index in [4.69, 9.17) is 4.74 Å². The van der Waals surface area contributed by atoms with Crippen LogP contribution in [0.3, 0.4) is 0 Å². The fourth-order valence-corrected chi connectivity index (χ4v) is 1.33. The number of nitrogens with two attached hydrogens (primary N) is 1. The first kappa shape index (κ1) is 18.4. The summed E-state index contributed by atoms with van der Waals surface area (Å²) in [6, 6.07) is 4.87. The molecule has 3 heteroatoms. The Labute approximate surface area is 105 Å². The Morgan fingerprint density at radius 1 is 1.06 bits per heavy atom. The molecule has 0 aliphatic carbocycles. The van der Waals surface area contributed by atoms with Crippen molar-refractivity contribution in [3.63, 3.8) is 0 Å². The minimum Gasteiger partial charge on any atom is -0.376 e. The van der Waals surface area contributed by atoms with Gasteiger partial charge in [-0.15, -0.1) is 0 Å². The van der Waals surface area contributed by atoms with Crippen LogP contribution < -0.4 is 5.73 Å². The number of rotatable bonds is 0. The second kappa shape index (κ2) is 13.1. The Bertz CT molecular complexity index is 277. The third-order valence-electron chi connectivity index (χ3n) is 1.94. The highest BCUT2D eigenvalue weighted by Gasteiger charge is 2.08. The van der Waals surface area contributed by atoms with Crippen molar-refractivity contribution < 1.29 is 9.13 Å². The number of hydrogen-bond acceptors (Lipinski definition) is 2. The summed E-state index contributed by atoms with van der Waals surface area (Å²) in [4.78, 5) is 0. The summed E-state index contributed by atoms with van der Waals surface area (Å²) < 4.78 is 17.9. The molecule has 0 spiro atoms. The van der Waals surface area contributed by atoms with Crippen LogP contribution in [0.5, 0.6) is 0 Å². The molecule has 0 saturated carbocycles. The van der Waals surface area contributed by atoms with E-state index in [1.54, 1.807) is 12.1 Å². The van der Waals surface area contributed by atoms with Gasteiger partial charge in [-0.1, -0.05) is 33.8 Å². The predicted molar refractivity (Wildman–Crippen MR) is 72.6 cm³/mol. The zero-order chi connectivity index (χ0) is 13.7. The summed E-state index contributed by atoms with van der Waals surface area (Å²) in [7, 11) is 1.50. The molecular weight excluding hydrogens is 217 g/mol. The van der Waals surface area contributed by atoms with E-state index in [0.29, 0.717) is 6.61 Å². The molecule has 1 aromatic rings. The van der Waals surface area contributed by atoms with E-state index in [-0.39, 0.29) is 5.82 Å². The Balaban J connectivity index is 0. The predicted octanol–water partition coefficient (Wildman–Crippen LogP) is 3.53. The van der Waals surface area contributed by atoms with Gasteiger partial charge in [-0.05, 0) is 36.7 Å². The normalized spacial score (nSPS) is 11.5. The average molecular weight is 243 g/mol. The fraction of sp³-hybridized carbons (Fsp3) is 0.571. The standard InChI is InChI=1S/C9H9FO.2C2H6.CH5N/c10-9-2-1-8-6-11-4-3-7(8)5-9;3*1-2/h1-2,5H,3-4,6H2;2*1-2H3;2H2,1H3. The summed E-state index contributed by atoms with van der Waals surface area (Å²) in [5.41, 5.74) is 6.72. The minimum absolute atomic E-state index is 0.148. The van der Waals surface area contributed by atoms with Crippen LogP contribution in [-0.2, 0) is 17.8 Å². The third kappa shape index (κ3) is 7.08. The highest BCUT2D eigenvalue weighted by atomic mass is 19.1. The second-order valence-corrected chi connectivity index (χ2v) is 2.72. The van der Waals surface area contributed by atoms with E-state index >= 15 is 0 Å². The minimum atomic E-state index is -0.148. The van der Waals surface area contributed by atoms with E-state index in [1.165, 1.54) is 13.1 Å². The maximum absolute atomic E-state index is 12.7. The lowest BCUT2D eigenvalue weighted by Crippen LogP contribution is -2.09. The second-order valence-electron chi connectivity index (χ2n) is 2.72. The topological polar surface area (TPSA) is 35.2 Å². The first-order valence-corrected chi connectivity index (χ1v) is 6.29. The van der Waals surface area contributed by atoms with Gasteiger partial charge in [0.05, 0.1) is 13.2 Å². The molecule has 0 fully saturated rings. The Kier molecular flexibility index (Phi) is 14.2. The van der Waals surface area contributed by atoms with Gasteiger partial charge in [0.15, 0.2) is 0 Å². The van der Waals surface area contributed by atoms with Gasteiger partial charge >= 0.3 is 0 Å². The Hall–Kier alpha value is -0.930. The monoisotopic (exact) mass is 243 g/mol. The van der Waals surface area contributed by atoms with Crippen molar-refractivity contribution in [2.75, 3.05) is 13.7 Å². The molecule has 2 N–H and O–H groups in total. The molecule has 0 radical (unpaired) electrons. The van der Waals surface area contributed by atoms with Crippen LogP contribution in [0.2, 0.25) is 0 Å². The molecule has 0 bridgehead atoms. The maximum Gasteiger partial charge on any atom is 0.123 e. The van der Waals surface area contributed by atoms with Gasteiger partial charge in [0, 0.05) is 0 Å². The van der Waals surface area contributed by atoms with Crippen molar-refractivity contribution >= 4 is 0 Å². The van der Waals surface area contributed by atoms with Crippen molar-refractivity contribution in [1.82, 2.24) is 0 Å². The molecule has 2 nitrogen and oxygen atoms in total. The summed E-state index contributed by atoms with van der Waals surface area (Å²) in [5, 5.41) is 0. The van der Waals surface area contributed by atoms with Gasteiger partial charge in [0.1, 0.15) is 5.82 Å². The molecule has 0 atom stereocenters. The number of fused-ring (bicyclic) bond motifs is 1. The lowest BCUT2D eigenvalue weighted by molar-refractivity contribution is 0.110. The van der Waals surface area contributed by atoms with Gasteiger partial charge in [-0.25, -0.2) is 4.39 Å². The molecule has 0 unspecified atom stereocenters. The summed E-state index contributed by atoms with van der Waals surface area (Å²) in [5.74, 6) is -0.148. The van der Waals surface area contributed by atoms with Crippen LogP contribution in [0.25, 0.3) is 0 Å². The van der Waals surface area contributed by atoms with Crippen LogP contribution in [0.4, 0.5) is 4.39 Å². The van der Waals surface area contributed by atoms with Crippen molar-refractivity contribution in [1.29, 1.82) is 0 Å². The number of halogens is 1. The molecular formula is C14H26FNO. The molecule has 1 aromatic carbocycles. The molecule has 0 amide bonds. The Morgan fingerprint density at radius 3 is 2.24 bits per heavy atom. The van der Waals surface area contributed by atoms with Gasteiger partial charge in [0.25, 0.3) is 0 Å². The molecule has 17 heavy (non-hydrogen) atoms. The molecule has 2 rings (SSSR count). The van der Waals surface area contributed by atoms with Gasteiger partial charge < -0.3 is 10.5 Å². The van der Waals surface area contributed by atoms with Crippen molar-refractivity contribution in [3.05, 3.63) is 35.1 Å². The van der Waals surface area contributed by atoms with Crippen LogP contribution >= 0.6 is 0 Å². The quantitative estimate of drug-likeness (QED) is 0.756. The van der Waals surface area contributed by atoms with Gasteiger partial charge in [0.2, 0.25) is 0 Å². The maximum atomic E-state index is 12.7. The summed E-state index contributed by atoms with van der Waals surface area (Å²) >= 11 is 0. The number of ether oxygens (including phenoxy) is 1. The van der Waals surface area contributed by atoms with Crippen molar-refractivity contribution in [2.45, 2.75) is 40.7 Å². The van der Waals surface area contributed by atoms with Crippen molar-refractivity contribution in [2.24, 2.45) is 5.73 Å². The van der Waals surface area contributed by atoms with Crippen LogP contribution in [0.1, 0.15) is 38.8 Å². The van der Waals surface area contributed by atoms with Crippen LogP contribution in [0, 0.1) is 5.82 Å². The zero-order valence-electron chi connectivity index (χ0n) is 11.7. The molecule has 100 valence electrons. The highest BCUT2D eigenvalue weighted by molar-refractivity contribution is 5.28. The van der Waals surface area contributed by atoms with Crippen LogP contribution in [0.15, 0.2) is 18.2 Å². The Morgan fingerprint density at radius 2 is 1.65 bits per heavy atom. The lowest BCUT2D eigenvalue weighted by Gasteiger charge is -2.15. The molecule has 1 aliphatic rings. The summed E-state index contributed by atoms with van der Waals surface area (Å²) in [6.45, 7) is 9.35. The largest absolute Gasteiger partial charge is 0.376 e. The van der Waals surface area contributed by atoms with Crippen LogP contribution in [-0.4, -0.2) is 13.7 Å². The number of benzene rings is 1. The van der Waals surface area contributed by atoms with E-state index in [2.05, 4.69) is 5.73 Å². The van der Waals surface area contributed by atoms with Gasteiger partial charge in [-0.2, -0.15) is 0 Å². The summed E-state index contributed by atoms with van der Waals surface area (Å²) in [6.07, 6.45) is 0.840. The smallest absolute Gasteiger partial charge is 0.123 e. The van der Waals surface area contributed by atoms with E-state index in [9.17, 15) is 4.39 Å².